The number of halogens is 1. The summed E-state index contributed by atoms with van der Waals surface area (Å²) >= 11 is 0. The van der Waals surface area contributed by atoms with E-state index in [1.54, 1.807) is 13.2 Å². The fourth-order valence-electron chi connectivity index (χ4n) is 3.95. The van der Waals surface area contributed by atoms with E-state index in [9.17, 15) is 14.3 Å². The molecule has 3 rings (SSSR count). The Hall–Kier alpha value is -2.01. The molecule has 0 unspecified atom stereocenters. The van der Waals surface area contributed by atoms with Gasteiger partial charge in [0.1, 0.15) is 18.0 Å². The highest BCUT2D eigenvalue weighted by atomic mass is 19.1. The third kappa shape index (κ3) is 6.16. The molecular weight excluding hydrogens is 445 g/mol. The van der Waals surface area contributed by atoms with Gasteiger partial charge in [0.15, 0.2) is 0 Å². The second kappa shape index (κ2) is 12.1. The summed E-state index contributed by atoms with van der Waals surface area (Å²) in [6.45, 7) is 6.75. The monoisotopic (exact) mass is 483 g/mol. The molecule has 2 N–H and O–H groups in total. The van der Waals surface area contributed by atoms with Crippen LogP contribution < -0.4 is 15.0 Å². The van der Waals surface area contributed by atoms with E-state index in [-0.39, 0.29) is 29.7 Å². The molecule has 0 atom stereocenters. The van der Waals surface area contributed by atoms with Crippen molar-refractivity contribution in [3.8, 4) is 5.88 Å². The summed E-state index contributed by atoms with van der Waals surface area (Å²) < 4.78 is 35.0. The van der Waals surface area contributed by atoms with Crippen molar-refractivity contribution in [3.63, 3.8) is 0 Å². The lowest BCUT2D eigenvalue weighted by molar-refractivity contribution is -0.164. The molecule has 0 saturated carbocycles. The number of rotatable bonds is 15. The quantitative estimate of drug-likeness (QED) is 0.365. The van der Waals surface area contributed by atoms with E-state index in [4.69, 9.17) is 18.9 Å². The third-order valence-corrected chi connectivity index (χ3v) is 6.79. The molecule has 0 aliphatic carbocycles. The van der Waals surface area contributed by atoms with Gasteiger partial charge in [-0.2, -0.15) is 0 Å². The summed E-state index contributed by atoms with van der Waals surface area (Å²) in [5.74, 6) is 0.00334. The molecule has 2 saturated heterocycles. The maximum Gasteiger partial charge on any atom is 0.270 e. The Morgan fingerprint density at radius 3 is 2.62 bits per heavy atom. The van der Waals surface area contributed by atoms with E-state index in [1.165, 1.54) is 0 Å². The van der Waals surface area contributed by atoms with Crippen molar-refractivity contribution in [1.29, 1.82) is 0 Å². The molecule has 2 aliphatic rings. The standard InChI is InChI=1S/C24H38FN3O6/c1-4-24(5-2,13-29)27-21(30)19-7-8-20(28-11-18(12-28)31-3)22(26-19)34-17-23(15-33-16-23)14-32-10-6-9-25/h7-8,18,29H,4-6,9-17H2,1-3H3,(H,27,30). The molecule has 2 fully saturated rings. The first-order valence-corrected chi connectivity index (χ1v) is 12.0. The number of hydrogen-bond donors (Lipinski definition) is 2. The molecule has 1 aromatic heterocycles. The third-order valence-electron chi connectivity index (χ3n) is 6.79. The molecular formula is C24H38FN3O6. The van der Waals surface area contributed by atoms with Crippen LogP contribution in [0.15, 0.2) is 12.1 Å². The largest absolute Gasteiger partial charge is 0.475 e. The normalized spacial score (nSPS) is 17.7. The second-order valence-corrected chi connectivity index (χ2v) is 9.26. The fourth-order valence-corrected chi connectivity index (χ4v) is 3.95. The van der Waals surface area contributed by atoms with Crippen LogP contribution in [0.4, 0.5) is 10.1 Å². The minimum Gasteiger partial charge on any atom is -0.475 e. The summed E-state index contributed by atoms with van der Waals surface area (Å²) in [6, 6.07) is 3.51. The molecule has 10 heteroatoms. The number of nitrogens with zero attached hydrogens (tertiary/aromatic N) is 2. The van der Waals surface area contributed by atoms with Crippen LogP contribution in [0, 0.1) is 5.41 Å². The predicted molar refractivity (Wildman–Crippen MR) is 125 cm³/mol. The van der Waals surface area contributed by atoms with Crippen molar-refractivity contribution in [2.24, 2.45) is 5.41 Å². The molecule has 9 nitrogen and oxygen atoms in total. The van der Waals surface area contributed by atoms with Gasteiger partial charge in [-0.25, -0.2) is 4.98 Å². The Morgan fingerprint density at radius 1 is 1.32 bits per heavy atom. The van der Waals surface area contributed by atoms with E-state index in [0.29, 0.717) is 71.3 Å². The van der Waals surface area contributed by atoms with Gasteiger partial charge in [-0.15, -0.1) is 0 Å². The average Bonchev–Trinajstić information content (AvgIpc) is 2.81. The van der Waals surface area contributed by atoms with Crippen molar-refractivity contribution in [2.45, 2.75) is 44.8 Å². The van der Waals surface area contributed by atoms with Gasteiger partial charge in [0.25, 0.3) is 5.91 Å². The number of amides is 1. The molecule has 0 radical (unpaired) electrons. The van der Waals surface area contributed by atoms with E-state index < -0.39 is 12.2 Å². The maximum absolute atomic E-state index is 13.0. The van der Waals surface area contributed by atoms with Gasteiger partial charge >= 0.3 is 0 Å². The second-order valence-electron chi connectivity index (χ2n) is 9.26. The average molecular weight is 484 g/mol. The van der Waals surface area contributed by atoms with Crippen LogP contribution in [0.2, 0.25) is 0 Å². The first-order valence-electron chi connectivity index (χ1n) is 12.0. The number of ether oxygens (including phenoxy) is 4. The summed E-state index contributed by atoms with van der Waals surface area (Å²) in [4.78, 5) is 19.6. The molecule has 1 aromatic rings. The van der Waals surface area contributed by atoms with Crippen molar-refractivity contribution >= 4 is 11.6 Å². The molecule has 1 amide bonds. The number of anilines is 1. The Bertz CT molecular complexity index is 789. The minimum atomic E-state index is -0.689. The first kappa shape index (κ1) is 26.6. The summed E-state index contributed by atoms with van der Waals surface area (Å²) in [6.07, 6.45) is 1.71. The summed E-state index contributed by atoms with van der Waals surface area (Å²) in [5.41, 5.74) is -0.00160. The van der Waals surface area contributed by atoms with Crippen molar-refractivity contribution in [1.82, 2.24) is 10.3 Å². The van der Waals surface area contributed by atoms with Gasteiger partial charge in [0.2, 0.25) is 5.88 Å². The van der Waals surface area contributed by atoms with Crippen LogP contribution in [-0.4, -0.2) is 94.2 Å². The zero-order chi connectivity index (χ0) is 24.6. The SMILES string of the molecule is CCC(CC)(CO)NC(=O)c1ccc(N2CC(OC)C2)c(OCC2(COCCCF)COC2)n1. The molecule has 192 valence electrons. The predicted octanol–water partition coefficient (Wildman–Crippen LogP) is 1.97. The first-order chi connectivity index (χ1) is 16.4. The minimum absolute atomic E-state index is 0.144. The number of alkyl halides is 1. The highest BCUT2D eigenvalue weighted by Crippen LogP contribution is 2.34. The lowest BCUT2D eigenvalue weighted by Gasteiger charge is -2.42. The number of nitrogens with one attached hydrogen (secondary N) is 1. The number of aromatic nitrogens is 1. The maximum atomic E-state index is 13.0. The topological polar surface area (TPSA) is 102 Å². The van der Waals surface area contributed by atoms with Gasteiger partial charge in [-0.3, -0.25) is 9.18 Å². The molecule has 3 heterocycles. The fraction of sp³-hybridized carbons (Fsp3) is 0.750. The van der Waals surface area contributed by atoms with Crippen molar-refractivity contribution in [3.05, 3.63) is 17.8 Å². The molecule has 0 aromatic carbocycles. The number of aliphatic hydroxyl groups excluding tert-OH is 1. The van der Waals surface area contributed by atoms with Crippen molar-refractivity contribution < 1.29 is 33.2 Å². The highest BCUT2D eigenvalue weighted by molar-refractivity contribution is 5.93. The van der Waals surface area contributed by atoms with Crippen LogP contribution in [0.3, 0.4) is 0 Å². The number of pyridine rings is 1. The van der Waals surface area contributed by atoms with Crippen molar-refractivity contribution in [2.75, 3.05) is 71.4 Å². The van der Waals surface area contributed by atoms with Gasteiger partial charge in [0.05, 0.1) is 50.2 Å². The van der Waals surface area contributed by atoms with Gasteiger partial charge in [-0.05, 0) is 31.4 Å². The summed E-state index contributed by atoms with van der Waals surface area (Å²) in [7, 11) is 1.68. The van der Waals surface area contributed by atoms with E-state index in [0.717, 1.165) is 5.69 Å². The lowest BCUT2D eigenvalue weighted by atomic mass is 9.88. The number of hydrogen-bond acceptors (Lipinski definition) is 8. The molecule has 0 bridgehead atoms. The molecule has 0 spiro atoms. The number of aliphatic hydroxyl groups is 1. The highest BCUT2D eigenvalue weighted by Gasteiger charge is 2.41. The number of methoxy groups -OCH3 is 1. The molecule has 2 aliphatic heterocycles. The Balaban J connectivity index is 1.75. The van der Waals surface area contributed by atoms with Gasteiger partial charge in [-0.1, -0.05) is 13.8 Å². The summed E-state index contributed by atoms with van der Waals surface area (Å²) in [5, 5.41) is 12.8. The zero-order valence-corrected chi connectivity index (χ0v) is 20.5. The Labute approximate surface area is 200 Å². The van der Waals surface area contributed by atoms with E-state index in [2.05, 4.69) is 15.2 Å². The van der Waals surface area contributed by atoms with Crippen LogP contribution in [-0.2, 0) is 14.2 Å². The van der Waals surface area contributed by atoms with E-state index >= 15 is 0 Å². The van der Waals surface area contributed by atoms with E-state index in [1.807, 2.05) is 19.9 Å². The number of carbonyl (C=O) groups is 1. The number of carbonyl (C=O) groups excluding carboxylic acids is 1. The molecule has 34 heavy (non-hydrogen) atoms. The van der Waals surface area contributed by atoms with Gasteiger partial charge < -0.3 is 34.3 Å². The van der Waals surface area contributed by atoms with Crippen LogP contribution in [0.25, 0.3) is 0 Å². The Kier molecular flexibility index (Phi) is 9.47. The smallest absolute Gasteiger partial charge is 0.270 e. The lowest BCUT2D eigenvalue weighted by Crippen LogP contribution is -2.53. The zero-order valence-electron chi connectivity index (χ0n) is 20.5. The van der Waals surface area contributed by atoms with Gasteiger partial charge in [0, 0.05) is 26.8 Å². The van der Waals surface area contributed by atoms with Crippen LogP contribution in [0.5, 0.6) is 5.88 Å². The van der Waals surface area contributed by atoms with Crippen LogP contribution in [0.1, 0.15) is 43.6 Å². The Morgan fingerprint density at radius 2 is 2.06 bits per heavy atom. The van der Waals surface area contributed by atoms with Crippen LogP contribution >= 0.6 is 0 Å².